The summed E-state index contributed by atoms with van der Waals surface area (Å²) in [5, 5.41) is 10.0. The Morgan fingerprint density at radius 2 is 2.11 bits per heavy atom. The van der Waals surface area contributed by atoms with E-state index >= 15 is 0 Å². The second kappa shape index (κ2) is 6.31. The third-order valence-corrected chi connectivity index (χ3v) is 3.99. The van der Waals surface area contributed by atoms with Gasteiger partial charge in [0, 0.05) is 11.6 Å². The van der Waals surface area contributed by atoms with Crippen LogP contribution < -0.4 is 0 Å². The quantitative estimate of drug-likeness (QED) is 0.846. The van der Waals surface area contributed by atoms with Crippen LogP contribution >= 0.6 is 0 Å². The molecule has 0 aliphatic heterocycles. The maximum absolute atomic E-state index is 12.2. The molecule has 0 bridgehead atoms. The van der Waals surface area contributed by atoms with Crippen molar-refractivity contribution in [1.82, 2.24) is 4.90 Å². The smallest absolute Gasteiger partial charge is 0.176 e. The Hall–Kier alpha value is -1.19. The molecule has 0 aromatic heterocycles. The summed E-state index contributed by atoms with van der Waals surface area (Å²) in [7, 11) is 1.94. The van der Waals surface area contributed by atoms with Crippen LogP contribution in [0.5, 0.6) is 0 Å². The van der Waals surface area contributed by atoms with E-state index in [1.807, 2.05) is 43.1 Å². The van der Waals surface area contributed by atoms with Gasteiger partial charge >= 0.3 is 0 Å². The fraction of sp³-hybridized carbons (Fsp3) is 0.562. The number of carbonyl (C=O) groups excluding carboxylic acids is 1. The average molecular weight is 261 g/mol. The minimum atomic E-state index is -0.288. The third kappa shape index (κ3) is 3.64. The highest BCUT2D eigenvalue weighted by atomic mass is 16.3. The van der Waals surface area contributed by atoms with E-state index in [4.69, 9.17) is 0 Å². The molecule has 1 aliphatic carbocycles. The van der Waals surface area contributed by atoms with Crippen LogP contribution in [0.25, 0.3) is 0 Å². The van der Waals surface area contributed by atoms with Gasteiger partial charge in [0.2, 0.25) is 0 Å². The predicted octanol–water partition coefficient (Wildman–Crippen LogP) is 2.41. The lowest BCUT2D eigenvalue weighted by atomic mass is 9.91. The van der Waals surface area contributed by atoms with Gasteiger partial charge in [-0.1, -0.05) is 36.6 Å². The number of hydrogen-bond acceptors (Lipinski definition) is 3. The molecule has 0 saturated heterocycles. The van der Waals surface area contributed by atoms with E-state index in [-0.39, 0.29) is 17.9 Å². The molecule has 19 heavy (non-hydrogen) atoms. The number of benzene rings is 1. The standard InChI is InChI=1S/C16H23NO2/c1-12-6-5-7-13(10-12)16(19)11-17(2)14-8-3-4-9-15(14)18/h5-7,10,14-15,18H,3-4,8-9,11H2,1-2H3. The van der Waals surface area contributed by atoms with Crippen molar-refractivity contribution in [2.45, 2.75) is 44.8 Å². The summed E-state index contributed by atoms with van der Waals surface area (Å²) >= 11 is 0. The summed E-state index contributed by atoms with van der Waals surface area (Å²) < 4.78 is 0. The molecule has 1 aromatic carbocycles. The van der Waals surface area contributed by atoms with E-state index in [2.05, 4.69) is 0 Å². The first-order chi connectivity index (χ1) is 9.08. The topological polar surface area (TPSA) is 40.5 Å². The molecule has 104 valence electrons. The lowest BCUT2D eigenvalue weighted by Crippen LogP contribution is -2.45. The van der Waals surface area contributed by atoms with Crippen molar-refractivity contribution in [3.05, 3.63) is 35.4 Å². The van der Waals surface area contributed by atoms with E-state index in [0.717, 1.165) is 36.8 Å². The Labute approximate surface area is 115 Å². The van der Waals surface area contributed by atoms with Crippen LogP contribution in [0.15, 0.2) is 24.3 Å². The van der Waals surface area contributed by atoms with Gasteiger partial charge in [0.15, 0.2) is 5.78 Å². The highest BCUT2D eigenvalue weighted by Crippen LogP contribution is 2.22. The van der Waals surface area contributed by atoms with Gasteiger partial charge in [-0.15, -0.1) is 0 Å². The Balaban J connectivity index is 1.98. The molecule has 1 fully saturated rings. The number of aliphatic hydroxyl groups is 1. The van der Waals surface area contributed by atoms with Crippen molar-refractivity contribution in [3.63, 3.8) is 0 Å². The zero-order chi connectivity index (χ0) is 13.8. The number of aryl methyl sites for hydroxylation is 1. The molecule has 0 amide bonds. The van der Waals surface area contributed by atoms with Crippen LogP contribution in [0.4, 0.5) is 0 Å². The van der Waals surface area contributed by atoms with Crippen LogP contribution in [-0.4, -0.2) is 41.5 Å². The molecule has 2 unspecified atom stereocenters. The number of ketones is 1. The number of Topliss-reactive ketones (excluding diaryl/α,β-unsaturated/α-hetero) is 1. The van der Waals surface area contributed by atoms with Crippen LogP contribution in [-0.2, 0) is 0 Å². The van der Waals surface area contributed by atoms with Crippen molar-refractivity contribution in [2.24, 2.45) is 0 Å². The molecule has 2 atom stereocenters. The largest absolute Gasteiger partial charge is 0.391 e. The Kier molecular flexibility index (Phi) is 4.72. The van der Waals surface area contributed by atoms with Crippen molar-refractivity contribution in [3.8, 4) is 0 Å². The third-order valence-electron chi connectivity index (χ3n) is 3.99. The van der Waals surface area contributed by atoms with Gasteiger partial charge in [-0.05, 0) is 32.9 Å². The molecule has 1 aromatic rings. The molecule has 1 saturated carbocycles. The number of hydrogen-bond donors (Lipinski definition) is 1. The fourth-order valence-electron chi connectivity index (χ4n) is 2.86. The molecule has 0 radical (unpaired) electrons. The van der Waals surface area contributed by atoms with Crippen LogP contribution in [0.2, 0.25) is 0 Å². The summed E-state index contributed by atoms with van der Waals surface area (Å²) in [5.41, 5.74) is 1.86. The van der Waals surface area contributed by atoms with Crippen molar-refractivity contribution in [2.75, 3.05) is 13.6 Å². The molecule has 1 aliphatic rings. The maximum Gasteiger partial charge on any atom is 0.176 e. The van der Waals surface area contributed by atoms with Gasteiger partial charge in [0.25, 0.3) is 0 Å². The van der Waals surface area contributed by atoms with Gasteiger partial charge in [-0.3, -0.25) is 9.69 Å². The van der Waals surface area contributed by atoms with Crippen LogP contribution in [0.1, 0.15) is 41.6 Å². The fourth-order valence-corrected chi connectivity index (χ4v) is 2.86. The molecule has 0 spiro atoms. The zero-order valence-corrected chi connectivity index (χ0v) is 11.8. The first-order valence-corrected chi connectivity index (χ1v) is 7.06. The minimum absolute atomic E-state index is 0.127. The van der Waals surface area contributed by atoms with Gasteiger partial charge in [-0.25, -0.2) is 0 Å². The molecule has 3 nitrogen and oxygen atoms in total. The summed E-state index contributed by atoms with van der Waals surface area (Å²) in [5.74, 6) is 0.129. The van der Waals surface area contributed by atoms with E-state index in [9.17, 15) is 9.90 Å². The summed E-state index contributed by atoms with van der Waals surface area (Å²) in [6.45, 7) is 2.37. The van der Waals surface area contributed by atoms with Crippen LogP contribution in [0.3, 0.4) is 0 Å². The van der Waals surface area contributed by atoms with Crippen molar-refractivity contribution >= 4 is 5.78 Å². The lowest BCUT2D eigenvalue weighted by Gasteiger charge is -2.34. The minimum Gasteiger partial charge on any atom is -0.391 e. The van der Waals surface area contributed by atoms with Crippen LogP contribution in [0, 0.1) is 6.92 Å². The number of aliphatic hydroxyl groups excluding tert-OH is 1. The highest BCUT2D eigenvalue weighted by Gasteiger charge is 2.27. The van der Waals surface area contributed by atoms with Gasteiger partial charge in [0.05, 0.1) is 12.6 Å². The second-order valence-electron chi connectivity index (χ2n) is 5.63. The Morgan fingerprint density at radius 3 is 2.79 bits per heavy atom. The molecule has 1 N–H and O–H groups in total. The lowest BCUT2D eigenvalue weighted by molar-refractivity contribution is 0.0322. The Morgan fingerprint density at radius 1 is 1.37 bits per heavy atom. The monoisotopic (exact) mass is 261 g/mol. The van der Waals surface area contributed by atoms with E-state index in [1.54, 1.807) is 0 Å². The number of rotatable bonds is 4. The molecule has 3 heteroatoms. The normalized spacial score (nSPS) is 23.6. The van der Waals surface area contributed by atoms with Gasteiger partial charge < -0.3 is 5.11 Å². The number of likely N-dealkylation sites (N-methyl/N-ethyl adjacent to an activating group) is 1. The highest BCUT2D eigenvalue weighted by molar-refractivity contribution is 5.97. The zero-order valence-electron chi connectivity index (χ0n) is 11.8. The first-order valence-electron chi connectivity index (χ1n) is 7.06. The van der Waals surface area contributed by atoms with Gasteiger partial charge in [-0.2, -0.15) is 0 Å². The Bertz CT molecular complexity index is 444. The van der Waals surface area contributed by atoms with E-state index in [1.165, 1.54) is 0 Å². The van der Waals surface area contributed by atoms with E-state index in [0.29, 0.717) is 6.54 Å². The maximum atomic E-state index is 12.2. The molecule has 2 rings (SSSR count). The van der Waals surface area contributed by atoms with Crippen molar-refractivity contribution < 1.29 is 9.90 Å². The van der Waals surface area contributed by atoms with Gasteiger partial charge in [0.1, 0.15) is 0 Å². The summed E-state index contributed by atoms with van der Waals surface area (Å²) in [6.07, 6.45) is 3.79. The predicted molar refractivity (Wildman–Crippen MR) is 76.4 cm³/mol. The average Bonchev–Trinajstić information content (AvgIpc) is 2.39. The van der Waals surface area contributed by atoms with E-state index < -0.39 is 0 Å². The molecule has 0 heterocycles. The number of nitrogens with zero attached hydrogens (tertiary/aromatic N) is 1. The SMILES string of the molecule is Cc1cccc(C(=O)CN(C)C2CCCCC2O)c1. The van der Waals surface area contributed by atoms with Crippen molar-refractivity contribution in [1.29, 1.82) is 0 Å². The number of carbonyl (C=O) groups is 1. The molecular formula is C16H23NO2. The second-order valence-corrected chi connectivity index (χ2v) is 5.63. The molecular weight excluding hydrogens is 238 g/mol. The summed E-state index contributed by atoms with van der Waals surface area (Å²) in [4.78, 5) is 14.2. The first kappa shape index (κ1) is 14.2. The summed E-state index contributed by atoms with van der Waals surface area (Å²) in [6, 6.07) is 7.82.